The van der Waals surface area contributed by atoms with Gasteiger partial charge in [0.25, 0.3) is 0 Å². The highest BCUT2D eigenvalue weighted by Gasteiger charge is 2.84. The van der Waals surface area contributed by atoms with Crippen molar-refractivity contribution < 1.29 is 9.84 Å². The van der Waals surface area contributed by atoms with Crippen molar-refractivity contribution in [2.24, 2.45) is 23.2 Å². The lowest BCUT2D eigenvalue weighted by atomic mass is 9.75. The molecule has 2 nitrogen and oxygen atoms in total. The second kappa shape index (κ2) is 1.96. The Morgan fingerprint density at radius 3 is 3.07 bits per heavy atom. The van der Waals surface area contributed by atoms with Crippen LogP contribution in [0.15, 0.2) is 12.2 Å². The van der Waals surface area contributed by atoms with Gasteiger partial charge in [-0.3, -0.25) is 0 Å². The highest BCUT2D eigenvalue weighted by atomic mass is 16.5. The van der Waals surface area contributed by atoms with Crippen molar-refractivity contribution in [3.05, 3.63) is 12.2 Å². The van der Waals surface area contributed by atoms with Gasteiger partial charge in [0, 0.05) is 18.4 Å². The van der Waals surface area contributed by atoms with E-state index in [2.05, 4.69) is 12.2 Å². The average Bonchev–Trinajstić information content (AvgIpc) is 2.45. The molecule has 0 aromatic rings. The van der Waals surface area contributed by atoms with Crippen LogP contribution in [0.4, 0.5) is 0 Å². The molecular formula is C12H16O2. The number of methoxy groups -OCH3 is 1. The molecule has 3 fully saturated rings. The molecule has 76 valence electrons. The van der Waals surface area contributed by atoms with Gasteiger partial charge < -0.3 is 9.84 Å². The minimum Gasteiger partial charge on any atom is -0.392 e. The average molecular weight is 192 g/mol. The molecule has 4 rings (SSSR count). The zero-order valence-electron chi connectivity index (χ0n) is 8.44. The summed E-state index contributed by atoms with van der Waals surface area (Å²) in [5.41, 5.74) is 0.0324. The predicted molar refractivity (Wildman–Crippen MR) is 51.6 cm³/mol. The van der Waals surface area contributed by atoms with Crippen LogP contribution in [0.2, 0.25) is 0 Å². The van der Waals surface area contributed by atoms with Gasteiger partial charge in [0.15, 0.2) is 0 Å². The second-order valence-corrected chi connectivity index (χ2v) is 5.45. The van der Waals surface area contributed by atoms with Crippen molar-refractivity contribution in [1.82, 2.24) is 0 Å². The highest BCUT2D eigenvalue weighted by molar-refractivity contribution is 5.45. The Balaban J connectivity index is 1.92. The molecule has 1 spiro atoms. The monoisotopic (exact) mass is 192 g/mol. The van der Waals surface area contributed by atoms with Crippen molar-refractivity contribution in [2.75, 3.05) is 7.11 Å². The van der Waals surface area contributed by atoms with E-state index in [4.69, 9.17) is 4.74 Å². The van der Waals surface area contributed by atoms with Gasteiger partial charge in [0.1, 0.15) is 0 Å². The van der Waals surface area contributed by atoms with Crippen molar-refractivity contribution in [3.8, 4) is 0 Å². The number of aliphatic hydroxyl groups is 1. The summed E-state index contributed by atoms with van der Waals surface area (Å²) in [6, 6.07) is 0. The molecule has 0 amide bonds. The molecule has 0 aromatic carbocycles. The van der Waals surface area contributed by atoms with Gasteiger partial charge in [-0.05, 0) is 31.1 Å². The van der Waals surface area contributed by atoms with Crippen molar-refractivity contribution in [2.45, 2.75) is 31.0 Å². The normalized spacial score (nSPS) is 67.0. The van der Waals surface area contributed by atoms with Gasteiger partial charge in [-0.15, -0.1) is 0 Å². The van der Waals surface area contributed by atoms with E-state index in [-0.39, 0.29) is 17.1 Å². The summed E-state index contributed by atoms with van der Waals surface area (Å²) in [7, 11) is 1.83. The molecule has 0 unspecified atom stereocenters. The Morgan fingerprint density at radius 1 is 1.43 bits per heavy atom. The van der Waals surface area contributed by atoms with Crippen LogP contribution in [0.3, 0.4) is 0 Å². The minimum atomic E-state index is -0.152. The van der Waals surface area contributed by atoms with E-state index in [0.717, 1.165) is 12.3 Å². The third-order valence-corrected chi connectivity index (χ3v) is 5.52. The van der Waals surface area contributed by atoms with Crippen LogP contribution in [0.5, 0.6) is 0 Å². The summed E-state index contributed by atoms with van der Waals surface area (Å²) in [6.07, 6.45) is 7.89. The summed E-state index contributed by atoms with van der Waals surface area (Å²) < 4.78 is 5.81. The summed E-state index contributed by atoms with van der Waals surface area (Å²) in [5, 5.41) is 10.2. The first-order valence-electron chi connectivity index (χ1n) is 5.70. The van der Waals surface area contributed by atoms with E-state index in [1.54, 1.807) is 0 Å². The zero-order chi connectivity index (χ0) is 9.55. The third kappa shape index (κ3) is 0.478. The molecule has 0 saturated heterocycles. The maximum Gasteiger partial charge on any atom is 0.0897 e. The Kier molecular flexibility index (Phi) is 1.10. The fourth-order valence-electron chi connectivity index (χ4n) is 5.08. The van der Waals surface area contributed by atoms with Crippen LogP contribution < -0.4 is 0 Å². The third-order valence-electron chi connectivity index (χ3n) is 5.52. The Labute approximate surface area is 83.9 Å². The number of ether oxygens (including phenoxy) is 1. The molecule has 0 aromatic heterocycles. The van der Waals surface area contributed by atoms with E-state index in [0.29, 0.717) is 11.8 Å². The zero-order valence-corrected chi connectivity index (χ0v) is 8.44. The van der Waals surface area contributed by atoms with Gasteiger partial charge in [-0.2, -0.15) is 0 Å². The molecule has 0 bridgehead atoms. The molecule has 2 heteroatoms. The lowest BCUT2D eigenvalue weighted by Crippen LogP contribution is -2.44. The molecule has 3 saturated carbocycles. The second-order valence-electron chi connectivity index (χ2n) is 5.45. The highest BCUT2D eigenvalue weighted by Crippen LogP contribution is 2.80. The quantitative estimate of drug-likeness (QED) is 0.635. The largest absolute Gasteiger partial charge is 0.392 e. The van der Waals surface area contributed by atoms with Crippen molar-refractivity contribution >= 4 is 0 Å². The first-order chi connectivity index (χ1) is 6.77. The van der Waals surface area contributed by atoms with Crippen LogP contribution in [0.1, 0.15) is 19.3 Å². The van der Waals surface area contributed by atoms with Crippen molar-refractivity contribution in [3.63, 3.8) is 0 Å². The molecule has 4 aliphatic carbocycles. The molecule has 0 aliphatic heterocycles. The van der Waals surface area contributed by atoms with E-state index in [1.165, 1.54) is 12.8 Å². The lowest BCUT2D eigenvalue weighted by molar-refractivity contribution is -0.0668. The van der Waals surface area contributed by atoms with E-state index in [9.17, 15) is 5.11 Å². The Morgan fingerprint density at radius 2 is 2.29 bits per heavy atom. The molecule has 0 radical (unpaired) electrons. The number of hydrogen-bond donors (Lipinski definition) is 1. The van der Waals surface area contributed by atoms with E-state index < -0.39 is 0 Å². The first kappa shape index (κ1) is 7.89. The summed E-state index contributed by atoms with van der Waals surface area (Å²) in [4.78, 5) is 0. The van der Waals surface area contributed by atoms with Crippen LogP contribution in [0.25, 0.3) is 0 Å². The van der Waals surface area contributed by atoms with Gasteiger partial charge in [-0.1, -0.05) is 12.2 Å². The van der Waals surface area contributed by atoms with Gasteiger partial charge in [0.05, 0.1) is 11.7 Å². The molecule has 4 aliphatic rings. The summed E-state index contributed by atoms with van der Waals surface area (Å²) in [5.74, 6) is 2.03. The maximum absolute atomic E-state index is 10.2. The standard InChI is InChI=1S/C12H16O2/c1-14-12-8-4-5-11(12)7(6-9(8)12)2-3-10(11)13/h4-5,7-10,13H,2-3,6H2,1H3/t7-,8-,9+,10+,11+,12+/m1/s1. The fourth-order valence-corrected chi connectivity index (χ4v) is 5.08. The molecule has 0 heterocycles. The van der Waals surface area contributed by atoms with Gasteiger partial charge in [0.2, 0.25) is 0 Å². The number of fused-ring (bicyclic) bond motifs is 1. The number of hydrogen-bond acceptors (Lipinski definition) is 2. The molecular weight excluding hydrogens is 176 g/mol. The minimum absolute atomic E-state index is 0.0110. The maximum atomic E-state index is 10.2. The summed E-state index contributed by atoms with van der Waals surface area (Å²) in [6.45, 7) is 0. The van der Waals surface area contributed by atoms with Crippen LogP contribution in [-0.2, 0) is 4.74 Å². The fraction of sp³-hybridized carbons (Fsp3) is 0.833. The summed E-state index contributed by atoms with van der Waals surface area (Å²) >= 11 is 0. The smallest absolute Gasteiger partial charge is 0.0897 e. The topological polar surface area (TPSA) is 29.5 Å². The SMILES string of the molecule is CO[C@]12[C@@H]3C=C[C@@]14[C@H](CC[C@@H]4O)C[C@@H]32. The molecule has 14 heavy (non-hydrogen) atoms. The van der Waals surface area contributed by atoms with Crippen LogP contribution >= 0.6 is 0 Å². The number of aliphatic hydroxyl groups excluding tert-OH is 1. The predicted octanol–water partition coefficient (Wildman–Crippen LogP) is 1.35. The van der Waals surface area contributed by atoms with Crippen LogP contribution in [0, 0.1) is 23.2 Å². The number of rotatable bonds is 1. The molecule has 6 atom stereocenters. The van der Waals surface area contributed by atoms with Crippen LogP contribution in [-0.4, -0.2) is 23.9 Å². The lowest BCUT2D eigenvalue weighted by Gasteiger charge is -2.36. The van der Waals surface area contributed by atoms with E-state index >= 15 is 0 Å². The Bertz CT molecular complexity index is 337. The van der Waals surface area contributed by atoms with Crippen molar-refractivity contribution in [1.29, 1.82) is 0 Å². The van der Waals surface area contributed by atoms with E-state index in [1.807, 2.05) is 7.11 Å². The van der Waals surface area contributed by atoms with Gasteiger partial charge >= 0.3 is 0 Å². The molecule has 1 N–H and O–H groups in total. The van der Waals surface area contributed by atoms with Gasteiger partial charge in [-0.25, -0.2) is 0 Å². The Hall–Kier alpha value is -0.340. The first-order valence-corrected chi connectivity index (χ1v) is 5.70.